The van der Waals surface area contributed by atoms with Gasteiger partial charge in [0.25, 0.3) is 0 Å². The molecule has 0 aliphatic heterocycles. The van der Waals surface area contributed by atoms with Gasteiger partial charge in [0.15, 0.2) is 5.03 Å². The van der Waals surface area contributed by atoms with Crippen molar-refractivity contribution in [2.24, 2.45) is 5.84 Å². The molecule has 1 aromatic rings. The lowest BCUT2D eigenvalue weighted by molar-refractivity contribution is -0.622. The Morgan fingerprint density at radius 1 is 1.29 bits per heavy atom. The van der Waals surface area contributed by atoms with Crippen molar-refractivity contribution in [3.05, 3.63) is 40.4 Å². The number of hydrogen-bond donors (Lipinski definition) is 1. The van der Waals surface area contributed by atoms with Crippen LogP contribution in [0.5, 0.6) is 0 Å². The molecule has 0 atom stereocenters. The Labute approximate surface area is 79.9 Å². The first-order valence-corrected chi connectivity index (χ1v) is 4.89. The molecule has 0 aromatic heterocycles. The van der Waals surface area contributed by atoms with Gasteiger partial charge in [-0.1, -0.05) is 18.2 Å². The molecule has 0 heterocycles. The summed E-state index contributed by atoms with van der Waals surface area (Å²) in [6, 6.07) is 6.92. The Morgan fingerprint density at radius 3 is 2.21 bits per heavy atom. The maximum Gasteiger partial charge on any atom is 0.330 e. The van der Waals surface area contributed by atoms with E-state index in [2.05, 4.69) is 0 Å². The minimum atomic E-state index is -4.23. The third-order valence-electron chi connectivity index (χ3n) is 1.45. The summed E-state index contributed by atoms with van der Waals surface area (Å²) in [7, 11) is -4.23. The number of nitro groups is 1. The summed E-state index contributed by atoms with van der Waals surface area (Å²) in [6.45, 7) is 0. The third kappa shape index (κ3) is 1.80. The van der Waals surface area contributed by atoms with Crippen LogP contribution in [0.1, 0.15) is 0 Å². The zero-order valence-corrected chi connectivity index (χ0v) is 7.72. The van der Waals surface area contributed by atoms with Crippen LogP contribution in [-0.2, 0) is 10.0 Å². The third-order valence-corrected chi connectivity index (χ3v) is 2.94. The minimum absolute atomic E-state index is 0.223. The number of hydrazine groups is 2. The van der Waals surface area contributed by atoms with Crippen molar-refractivity contribution in [3.8, 4) is 0 Å². The predicted octanol–water partition coefficient (Wildman–Crippen LogP) is -0.257. The maximum absolute atomic E-state index is 11.3. The SMILES string of the molecule is NN([N+](=O)[O-])S(=O)(=O)c1ccccc1. The number of rotatable bonds is 3. The van der Waals surface area contributed by atoms with E-state index >= 15 is 0 Å². The highest BCUT2D eigenvalue weighted by Gasteiger charge is 2.29. The van der Waals surface area contributed by atoms with Crippen molar-refractivity contribution in [2.75, 3.05) is 0 Å². The first-order valence-electron chi connectivity index (χ1n) is 3.45. The number of nitrogens with two attached hydrogens (primary N) is 1. The van der Waals surface area contributed by atoms with Gasteiger partial charge in [-0.3, -0.25) is 0 Å². The molecule has 1 aromatic carbocycles. The Balaban J connectivity index is 3.16. The van der Waals surface area contributed by atoms with E-state index in [-0.39, 0.29) is 4.90 Å². The van der Waals surface area contributed by atoms with Gasteiger partial charge in [0.05, 0.1) is 9.42 Å². The lowest BCUT2D eigenvalue weighted by Crippen LogP contribution is -2.41. The molecular weight excluding hydrogens is 210 g/mol. The van der Waals surface area contributed by atoms with Crippen LogP contribution in [0.4, 0.5) is 0 Å². The highest BCUT2D eigenvalue weighted by Crippen LogP contribution is 2.11. The van der Waals surface area contributed by atoms with E-state index in [0.29, 0.717) is 0 Å². The summed E-state index contributed by atoms with van der Waals surface area (Å²) in [6.07, 6.45) is 0. The number of nitrogens with zero attached hydrogens (tertiary/aromatic N) is 2. The number of sulfonamides is 1. The van der Waals surface area contributed by atoms with Crippen molar-refractivity contribution in [3.63, 3.8) is 0 Å². The molecule has 0 bridgehead atoms. The molecule has 0 saturated carbocycles. The summed E-state index contributed by atoms with van der Waals surface area (Å²) >= 11 is 0. The fourth-order valence-corrected chi connectivity index (χ4v) is 1.68. The second kappa shape index (κ2) is 3.60. The van der Waals surface area contributed by atoms with E-state index in [9.17, 15) is 18.5 Å². The predicted molar refractivity (Wildman–Crippen MR) is 46.6 cm³/mol. The molecule has 0 aliphatic carbocycles. The molecule has 0 fully saturated rings. The Hall–Kier alpha value is -1.67. The molecule has 8 heteroatoms. The summed E-state index contributed by atoms with van der Waals surface area (Å²) < 4.78 is 22.3. The molecule has 14 heavy (non-hydrogen) atoms. The van der Waals surface area contributed by atoms with E-state index in [1.165, 1.54) is 24.3 Å². The van der Waals surface area contributed by atoms with Crippen LogP contribution < -0.4 is 5.84 Å². The lowest BCUT2D eigenvalue weighted by Gasteiger charge is -2.07. The van der Waals surface area contributed by atoms with Crippen LogP contribution in [0, 0.1) is 10.1 Å². The van der Waals surface area contributed by atoms with E-state index < -0.39 is 19.6 Å². The second-order valence-electron chi connectivity index (χ2n) is 2.33. The van der Waals surface area contributed by atoms with Gasteiger partial charge in [0, 0.05) is 0 Å². The van der Waals surface area contributed by atoms with Gasteiger partial charge in [-0.2, -0.15) is 14.3 Å². The molecular formula is C6H7N3O4S. The van der Waals surface area contributed by atoms with Crippen molar-refractivity contribution in [1.82, 2.24) is 4.52 Å². The number of benzene rings is 1. The van der Waals surface area contributed by atoms with E-state index in [1.54, 1.807) is 6.07 Å². The molecule has 0 amide bonds. The van der Waals surface area contributed by atoms with Gasteiger partial charge in [0.1, 0.15) is 0 Å². The van der Waals surface area contributed by atoms with Crippen LogP contribution >= 0.6 is 0 Å². The van der Waals surface area contributed by atoms with Crippen LogP contribution in [0.2, 0.25) is 0 Å². The molecule has 1 rings (SSSR count). The standard InChI is InChI=1S/C6H7N3O4S/c7-8(9(10)11)14(12,13)6-4-2-1-3-5-6/h1-5H,7H2. The van der Waals surface area contributed by atoms with Gasteiger partial charge in [-0.05, 0) is 12.1 Å². The molecule has 0 saturated heterocycles. The van der Waals surface area contributed by atoms with Crippen LogP contribution in [0.25, 0.3) is 0 Å². The molecule has 0 aliphatic rings. The normalized spacial score (nSPS) is 10.9. The first-order chi connectivity index (χ1) is 6.46. The van der Waals surface area contributed by atoms with Crippen LogP contribution in [-0.4, -0.2) is 18.0 Å². The van der Waals surface area contributed by atoms with Gasteiger partial charge in [-0.25, -0.2) is 10.1 Å². The molecule has 0 radical (unpaired) electrons. The summed E-state index contributed by atoms with van der Waals surface area (Å²) in [5.74, 6) is 4.77. The second-order valence-corrected chi connectivity index (χ2v) is 4.12. The summed E-state index contributed by atoms with van der Waals surface area (Å²) in [5, 5.41) is 8.94. The Morgan fingerprint density at radius 2 is 1.79 bits per heavy atom. The topological polar surface area (TPSA) is 107 Å². The lowest BCUT2D eigenvalue weighted by atomic mass is 10.4. The average Bonchev–Trinajstić information content (AvgIpc) is 2.18. The van der Waals surface area contributed by atoms with Crippen molar-refractivity contribution < 1.29 is 13.5 Å². The maximum atomic E-state index is 11.3. The molecule has 7 nitrogen and oxygen atoms in total. The zero-order valence-electron chi connectivity index (χ0n) is 6.90. The number of hydrogen-bond acceptors (Lipinski definition) is 5. The first kappa shape index (κ1) is 10.4. The zero-order chi connectivity index (χ0) is 10.8. The Kier molecular flexibility index (Phi) is 2.68. The summed E-state index contributed by atoms with van der Waals surface area (Å²) in [4.78, 5) is 9.92. The van der Waals surface area contributed by atoms with Gasteiger partial charge < -0.3 is 0 Å². The highest BCUT2D eigenvalue weighted by molar-refractivity contribution is 7.88. The van der Waals surface area contributed by atoms with Gasteiger partial charge in [-0.15, -0.1) is 0 Å². The monoisotopic (exact) mass is 217 g/mol. The fraction of sp³-hybridized carbons (Fsp3) is 0. The van der Waals surface area contributed by atoms with E-state index in [4.69, 9.17) is 5.84 Å². The summed E-state index contributed by atoms with van der Waals surface area (Å²) in [5.41, 5.74) is 0. The molecule has 76 valence electrons. The van der Waals surface area contributed by atoms with Crippen molar-refractivity contribution in [1.29, 1.82) is 0 Å². The molecule has 0 spiro atoms. The quantitative estimate of drug-likeness (QED) is 0.426. The van der Waals surface area contributed by atoms with Gasteiger partial charge in [0.2, 0.25) is 0 Å². The molecule has 0 unspecified atom stereocenters. The van der Waals surface area contributed by atoms with Crippen molar-refractivity contribution in [2.45, 2.75) is 4.90 Å². The smallest absolute Gasteiger partial charge is 0.233 e. The highest BCUT2D eigenvalue weighted by atomic mass is 32.2. The van der Waals surface area contributed by atoms with E-state index in [1.807, 2.05) is 0 Å². The van der Waals surface area contributed by atoms with Crippen LogP contribution in [0.15, 0.2) is 35.2 Å². The van der Waals surface area contributed by atoms with Crippen molar-refractivity contribution >= 4 is 10.0 Å². The fourth-order valence-electron chi connectivity index (χ4n) is 0.788. The minimum Gasteiger partial charge on any atom is -0.233 e. The average molecular weight is 217 g/mol. The van der Waals surface area contributed by atoms with E-state index in [0.717, 1.165) is 0 Å². The van der Waals surface area contributed by atoms with Crippen LogP contribution in [0.3, 0.4) is 0 Å². The Bertz CT molecular complexity index is 430. The largest absolute Gasteiger partial charge is 0.330 e. The molecule has 2 N–H and O–H groups in total. The van der Waals surface area contributed by atoms with Gasteiger partial charge >= 0.3 is 10.0 Å².